The summed E-state index contributed by atoms with van der Waals surface area (Å²) in [6.07, 6.45) is 4.36. The van der Waals surface area contributed by atoms with Gasteiger partial charge in [-0.25, -0.2) is 0 Å². The maximum atomic E-state index is 10.1. The van der Waals surface area contributed by atoms with Gasteiger partial charge in [0.25, 0.3) is 0 Å². The number of hydrogen-bond acceptors (Lipinski definition) is 4. The summed E-state index contributed by atoms with van der Waals surface area (Å²) in [5.74, 6) is 0.516. The second kappa shape index (κ2) is 8.25. The van der Waals surface area contributed by atoms with Crippen molar-refractivity contribution in [1.29, 1.82) is 0 Å². The molecule has 3 unspecified atom stereocenters. The molecule has 5 rings (SSSR count). The Kier molecular flexibility index (Phi) is 5.63. The maximum absolute atomic E-state index is 10.1. The van der Waals surface area contributed by atoms with Gasteiger partial charge >= 0.3 is 0 Å². The number of halogens is 1. The molecule has 0 radical (unpaired) electrons. The maximum Gasteiger partial charge on any atom is 0.0854 e. The van der Waals surface area contributed by atoms with E-state index in [1.54, 1.807) is 0 Å². The number of hydrogen-bond donors (Lipinski definition) is 2. The van der Waals surface area contributed by atoms with Crippen LogP contribution in [0.25, 0.3) is 0 Å². The molecule has 2 aliphatic heterocycles. The van der Waals surface area contributed by atoms with Gasteiger partial charge in [0.2, 0.25) is 0 Å². The highest BCUT2D eigenvalue weighted by Gasteiger charge is 2.50. The minimum atomic E-state index is -0.457. The normalized spacial score (nSPS) is 30.0. The summed E-state index contributed by atoms with van der Waals surface area (Å²) >= 11 is 6.50. The molecule has 0 bridgehead atoms. The summed E-state index contributed by atoms with van der Waals surface area (Å²) in [7, 11) is 0. The van der Waals surface area contributed by atoms with Gasteiger partial charge in [0.05, 0.1) is 37.1 Å². The van der Waals surface area contributed by atoms with Crippen LogP contribution in [-0.2, 0) is 15.9 Å². The highest BCUT2D eigenvalue weighted by atomic mass is 35.5. The molecule has 4 nitrogen and oxygen atoms in total. The van der Waals surface area contributed by atoms with Gasteiger partial charge in [-0.3, -0.25) is 0 Å². The summed E-state index contributed by atoms with van der Waals surface area (Å²) < 4.78 is 12.0. The second-order valence-corrected chi connectivity index (χ2v) is 9.63. The van der Waals surface area contributed by atoms with Crippen molar-refractivity contribution in [2.75, 3.05) is 13.2 Å². The lowest BCUT2D eigenvalue weighted by Crippen LogP contribution is -2.33. The summed E-state index contributed by atoms with van der Waals surface area (Å²) in [4.78, 5) is 0. The fraction of sp³-hybridized carbons (Fsp3) is 0.520. The van der Waals surface area contributed by atoms with Gasteiger partial charge in [0.1, 0.15) is 0 Å². The van der Waals surface area contributed by atoms with E-state index in [0.29, 0.717) is 18.8 Å². The minimum Gasteiger partial charge on any atom is -0.394 e. The molecular formula is C25H29ClO4. The van der Waals surface area contributed by atoms with Gasteiger partial charge in [0.15, 0.2) is 0 Å². The molecule has 2 heterocycles. The highest BCUT2D eigenvalue weighted by Crippen LogP contribution is 2.51. The monoisotopic (exact) mass is 428 g/mol. The summed E-state index contributed by atoms with van der Waals surface area (Å²) in [5, 5.41) is 20.3. The molecule has 3 fully saturated rings. The predicted molar refractivity (Wildman–Crippen MR) is 116 cm³/mol. The fourth-order valence-electron chi connectivity index (χ4n) is 4.93. The minimum absolute atomic E-state index is 0.0759. The van der Waals surface area contributed by atoms with Crippen molar-refractivity contribution >= 4 is 11.6 Å². The van der Waals surface area contributed by atoms with Crippen molar-refractivity contribution in [1.82, 2.24) is 0 Å². The molecule has 1 aliphatic carbocycles. The molecule has 2 saturated heterocycles. The number of aliphatic hydroxyl groups excluding tert-OH is 2. The summed E-state index contributed by atoms with van der Waals surface area (Å²) in [5.41, 5.74) is 4.84. The Morgan fingerprint density at radius 1 is 1.03 bits per heavy atom. The van der Waals surface area contributed by atoms with Gasteiger partial charge in [-0.2, -0.15) is 0 Å². The lowest BCUT2D eigenvalue weighted by atomic mass is 9.92. The van der Waals surface area contributed by atoms with Crippen molar-refractivity contribution < 1.29 is 19.7 Å². The predicted octanol–water partition coefficient (Wildman–Crippen LogP) is 4.54. The van der Waals surface area contributed by atoms with Crippen LogP contribution in [0.3, 0.4) is 0 Å². The Hall–Kier alpha value is -1.43. The topological polar surface area (TPSA) is 58.9 Å². The van der Waals surface area contributed by atoms with Gasteiger partial charge in [-0.05, 0) is 54.0 Å². The third-order valence-electron chi connectivity index (χ3n) is 6.89. The highest BCUT2D eigenvalue weighted by molar-refractivity contribution is 6.31. The molecule has 0 aromatic heterocycles. The zero-order chi connectivity index (χ0) is 20.7. The van der Waals surface area contributed by atoms with E-state index < -0.39 is 6.10 Å². The molecule has 0 amide bonds. The zero-order valence-corrected chi connectivity index (χ0v) is 17.9. The van der Waals surface area contributed by atoms with Crippen molar-refractivity contribution in [2.24, 2.45) is 0 Å². The first-order chi connectivity index (χ1) is 14.5. The van der Waals surface area contributed by atoms with E-state index in [2.05, 4.69) is 30.3 Å². The Morgan fingerprint density at radius 2 is 1.80 bits per heavy atom. The molecule has 1 saturated carbocycles. The second-order valence-electron chi connectivity index (χ2n) is 9.22. The molecule has 2 aromatic rings. The average molecular weight is 429 g/mol. The van der Waals surface area contributed by atoms with Crippen LogP contribution in [0.4, 0.5) is 0 Å². The standard InChI is InChI=1S/C25H29ClO4/c26-23-6-5-18(24-12-21(28)11-22(14-27)30-24)10-19(23)9-16-1-3-17(4-2-16)20-13-25(7-8-25)29-15-20/h1-6,10,20-22,24,27-28H,7-9,11-15H2/t20?,21?,22?,24-/m1/s1. The van der Waals surface area contributed by atoms with Gasteiger partial charge in [-0.1, -0.05) is 48.0 Å². The first kappa shape index (κ1) is 20.5. The quantitative estimate of drug-likeness (QED) is 0.734. The van der Waals surface area contributed by atoms with Crippen LogP contribution in [-0.4, -0.2) is 41.2 Å². The summed E-state index contributed by atoms with van der Waals surface area (Å²) in [6.45, 7) is 0.767. The number of rotatable bonds is 5. The van der Waals surface area contributed by atoms with Crippen molar-refractivity contribution in [3.8, 4) is 0 Å². The van der Waals surface area contributed by atoms with Crippen LogP contribution in [0, 0.1) is 0 Å². The molecule has 160 valence electrons. The lowest BCUT2D eigenvalue weighted by Gasteiger charge is -2.32. The van der Waals surface area contributed by atoms with E-state index in [9.17, 15) is 10.2 Å². The lowest BCUT2D eigenvalue weighted by molar-refractivity contribution is -0.113. The summed E-state index contributed by atoms with van der Waals surface area (Å²) in [6, 6.07) is 14.8. The smallest absolute Gasteiger partial charge is 0.0854 e. The molecule has 2 aromatic carbocycles. The number of aliphatic hydroxyl groups is 2. The number of ether oxygens (including phenoxy) is 2. The Labute approximate surface area is 182 Å². The largest absolute Gasteiger partial charge is 0.394 e. The molecule has 3 aliphatic rings. The van der Waals surface area contributed by atoms with Crippen LogP contribution in [0.5, 0.6) is 0 Å². The molecular weight excluding hydrogens is 400 g/mol. The van der Waals surface area contributed by atoms with Crippen LogP contribution < -0.4 is 0 Å². The molecule has 4 atom stereocenters. The first-order valence-electron chi connectivity index (χ1n) is 11.0. The molecule has 1 spiro atoms. The third kappa shape index (κ3) is 4.30. The number of benzene rings is 2. The Bertz CT molecular complexity index is 893. The van der Waals surface area contributed by atoms with Crippen LogP contribution in [0.2, 0.25) is 5.02 Å². The van der Waals surface area contributed by atoms with E-state index in [0.717, 1.165) is 35.6 Å². The van der Waals surface area contributed by atoms with Crippen LogP contribution in [0.15, 0.2) is 42.5 Å². The van der Waals surface area contributed by atoms with Crippen LogP contribution in [0.1, 0.15) is 66.4 Å². The van der Waals surface area contributed by atoms with E-state index in [-0.39, 0.29) is 24.4 Å². The molecule has 30 heavy (non-hydrogen) atoms. The van der Waals surface area contributed by atoms with E-state index >= 15 is 0 Å². The van der Waals surface area contributed by atoms with Gasteiger partial charge in [-0.15, -0.1) is 0 Å². The Morgan fingerprint density at radius 3 is 2.50 bits per heavy atom. The zero-order valence-electron chi connectivity index (χ0n) is 17.1. The molecule has 2 N–H and O–H groups in total. The van der Waals surface area contributed by atoms with Gasteiger partial charge in [0, 0.05) is 23.8 Å². The third-order valence-corrected chi connectivity index (χ3v) is 7.25. The van der Waals surface area contributed by atoms with E-state index in [1.165, 1.54) is 24.0 Å². The Balaban J connectivity index is 1.29. The molecule has 5 heteroatoms. The van der Waals surface area contributed by atoms with Crippen molar-refractivity contribution in [3.05, 3.63) is 69.7 Å². The average Bonchev–Trinajstić information content (AvgIpc) is 3.38. The van der Waals surface area contributed by atoms with Gasteiger partial charge < -0.3 is 19.7 Å². The SMILES string of the molecule is OCC1CC(O)C[C@H](c2ccc(Cl)c(Cc3ccc(C4COC5(CC5)C4)cc3)c2)O1. The van der Waals surface area contributed by atoms with Crippen molar-refractivity contribution in [3.63, 3.8) is 0 Å². The van der Waals surface area contributed by atoms with Crippen molar-refractivity contribution in [2.45, 2.75) is 68.4 Å². The van der Waals surface area contributed by atoms with E-state index in [4.69, 9.17) is 21.1 Å². The van der Waals surface area contributed by atoms with E-state index in [1.807, 2.05) is 12.1 Å². The fourth-order valence-corrected chi connectivity index (χ4v) is 5.11. The van der Waals surface area contributed by atoms with Crippen LogP contribution >= 0.6 is 11.6 Å². The first-order valence-corrected chi connectivity index (χ1v) is 11.4.